The number of hydrogen-bond donors (Lipinski definition) is 1. The highest BCUT2D eigenvalue weighted by Gasteiger charge is 2.04. The molecule has 0 fully saturated rings. The zero-order chi connectivity index (χ0) is 20.6. The highest BCUT2D eigenvalue weighted by molar-refractivity contribution is 6.35. The summed E-state index contributed by atoms with van der Waals surface area (Å²) in [7, 11) is 0. The molecule has 0 bridgehead atoms. The lowest BCUT2D eigenvalue weighted by molar-refractivity contribution is 0.0955. The van der Waals surface area contributed by atoms with Crippen molar-refractivity contribution in [3.63, 3.8) is 0 Å². The van der Waals surface area contributed by atoms with E-state index in [0.29, 0.717) is 33.5 Å². The van der Waals surface area contributed by atoms with Crippen LogP contribution >= 0.6 is 23.2 Å². The predicted molar refractivity (Wildman–Crippen MR) is 113 cm³/mol. The molecule has 0 heterocycles. The van der Waals surface area contributed by atoms with Crippen molar-refractivity contribution >= 4 is 35.3 Å². The van der Waals surface area contributed by atoms with E-state index < -0.39 is 0 Å². The first kappa shape index (κ1) is 20.4. The third-order valence-corrected chi connectivity index (χ3v) is 4.53. The van der Waals surface area contributed by atoms with Gasteiger partial charge in [-0.3, -0.25) is 4.79 Å². The number of hydrogen-bond acceptors (Lipinski definition) is 4. The average molecular weight is 424 g/mol. The first-order valence-corrected chi connectivity index (χ1v) is 9.31. The predicted octanol–water partition coefficient (Wildman–Crippen LogP) is 5.21. The van der Waals surface area contributed by atoms with Gasteiger partial charge in [0.15, 0.2) is 0 Å². The summed E-state index contributed by atoms with van der Waals surface area (Å²) in [6.07, 6.45) is 1.53. The Bertz CT molecular complexity index is 1070. The Hall–Kier alpha value is -3.33. The molecule has 0 radical (unpaired) electrons. The first-order valence-electron chi connectivity index (χ1n) is 8.55. The van der Waals surface area contributed by atoms with Crippen molar-refractivity contribution in [2.24, 2.45) is 5.10 Å². The van der Waals surface area contributed by atoms with Crippen molar-refractivity contribution in [2.45, 2.75) is 6.61 Å². The van der Waals surface area contributed by atoms with E-state index in [1.165, 1.54) is 6.21 Å². The number of nitrogens with one attached hydrogen (secondary N) is 1. The molecule has 0 saturated heterocycles. The van der Waals surface area contributed by atoms with Crippen LogP contribution in [0.25, 0.3) is 0 Å². The Morgan fingerprint density at radius 2 is 1.79 bits per heavy atom. The lowest BCUT2D eigenvalue weighted by Gasteiger charge is -2.08. The number of hydrazone groups is 1. The molecule has 1 N–H and O–H groups in total. The van der Waals surface area contributed by atoms with Gasteiger partial charge >= 0.3 is 0 Å². The van der Waals surface area contributed by atoms with Gasteiger partial charge in [0.1, 0.15) is 12.4 Å². The molecule has 29 heavy (non-hydrogen) atoms. The van der Waals surface area contributed by atoms with Gasteiger partial charge in [-0.15, -0.1) is 0 Å². The number of carbonyl (C=O) groups excluding carboxylic acids is 1. The quantitative estimate of drug-likeness (QED) is 0.436. The van der Waals surface area contributed by atoms with Crippen LogP contribution in [0.3, 0.4) is 0 Å². The summed E-state index contributed by atoms with van der Waals surface area (Å²) in [6.45, 7) is 0.323. The number of amides is 1. The van der Waals surface area contributed by atoms with Crippen LogP contribution in [0.2, 0.25) is 10.0 Å². The van der Waals surface area contributed by atoms with E-state index in [2.05, 4.69) is 10.5 Å². The van der Waals surface area contributed by atoms with Crippen molar-refractivity contribution in [3.05, 3.63) is 99.0 Å². The average Bonchev–Trinajstić information content (AvgIpc) is 2.74. The first-order chi connectivity index (χ1) is 14.0. The summed E-state index contributed by atoms with van der Waals surface area (Å²) in [5, 5.41) is 13.8. The van der Waals surface area contributed by atoms with E-state index in [1.807, 2.05) is 24.3 Å². The smallest absolute Gasteiger partial charge is 0.271 e. The SMILES string of the molecule is N#Cc1ccc(C(=O)N/N=C\c2ccc(OCc3ccc(Cl)cc3Cl)cc2)cc1. The Morgan fingerprint density at radius 3 is 2.45 bits per heavy atom. The maximum atomic E-state index is 12.0. The number of carbonyl (C=O) groups is 1. The van der Waals surface area contributed by atoms with Crippen molar-refractivity contribution in [3.8, 4) is 11.8 Å². The molecule has 3 rings (SSSR count). The van der Waals surface area contributed by atoms with Gasteiger partial charge in [-0.2, -0.15) is 10.4 Å². The topological polar surface area (TPSA) is 74.5 Å². The second-order valence-corrected chi connectivity index (χ2v) is 6.83. The number of ether oxygens (including phenoxy) is 1. The fraction of sp³-hybridized carbons (Fsp3) is 0.0455. The molecule has 0 unspecified atom stereocenters. The number of halogens is 2. The molecule has 0 spiro atoms. The van der Waals surface area contributed by atoms with Crippen LogP contribution in [-0.4, -0.2) is 12.1 Å². The molecule has 3 aromatic carbocycles. The van der Waals surface area contributed by atoms with E-state index in [4.69, 9.17) is 33.2 Å². The van der Waals surface area contributed by atoms with E-state index in [0.717, 1.165) is 11.1 Å². The van der Waals surface area contributed by atoms with Gasteiger partial charge < -0.3 is 4.74 Å². The zero-order valence-electron chi connectivity index (χ0n) is 15.1. The Kier molecular flexibility index (Phi) is 6.85. The standard InChI is InChI=1S/C22H15Cl2N3O2/c23-19-8-7-18(21(24)11-19)14-29-20-9-3-16(4-10-20)13-26-27-22(28)17-5-1-15(12-25)2-6-17/h1-11,13H,14H2,(H,27,28)/b26-13-. The molecule has 7 heteroatoms. The van der Waals surface area contributed by atoms with Crippen molar-refractivity contribution in [1.29, 1.82) is 5.26 Å². The zero-order valence-corrected chi connectivity index (χ0v) is 16.6. The lowest BCUT2D eigenvalue weighted by atomic mass is 10.1. The van der Waals surface area contributed by atoms with Crippen molar-refractivity contribution in [2.75, 3.05) is 0 Å². The maximum Gasteiger partial charge on any atom is 0.271 e. The minimum Gasteiger partial charge on any atom is -0.489 e. The minimum absolute atomic E-state index is 0.323. The molecular formula is C22H15Cl2N3O2. The minimum atomic E-state index is -0.356. The molecule has 0 aliphatic rings. The van der Waals surface area contributed by atoms with Gasteiger partial charge in [-0.05, 0) is 66.2 Å². The third kappa shape index (κ3) is 5.82. The van der Waals surface area contributed by atoms with Gasteiger partial charge in [0.2, 0.25) is 0 Å². The van der Waals surface area contributed by atoms with Gasteiger partial charge in [0.05, 0.1) is 17.8 Å². The van der Waals surface area contributed by atoms with E-state index >= 15 is 0 Å². The number of rotatable bonds is 6. The highest BCUT2D eigenvalue weighted by atomic mass is 35.5. The summed E-state index contributed by atoms with van der Waals surface area (Å²) < 4.78 is 5.72. The van der Waals surface area contributed by atoms with Gasteiger partial charge in [-0.25, -0.2) is 5.43 Å². The summed E-state index contributed by atoms with van der Waals surface area (Å²) in [6, 6.07) is 20.8. The normalized spacial score (nSPS) is 10.5. The fourth-order valence-corrected chi connectivity index (χ4v) is 2.84. The van der Waals surface area contributed by atoms with Crippen LogP contribution in [0, 0.1) is 11.3 Å². The van der Waals surface area contributed by atoms with E-state index in [9.17, 15) is 4.79 Å². The van der Waals surface area contributed by atoms with E-state index in [-0.39, 0.29) is 5.91 Å². The molecule has 5 nitrogen and oxygen atoms in total. The Labute approximate surface area is 178 Å². The second-order valence-electron chi connectivity index (χ2n) is 5.98. The molecule has 0 aliphatic heterocycles. The van der Waals surface area contributed by atoms with Crippen LogP contribution in [0.4, 0.5) is 0 Å². The molecule has 0 aliphatic carbocycles. The van der Waals surface area contributed by atoms with Crippen LogP contribution in [-0.2, 0) is 6.61 Å². The molecule has 0 atom stereocenters. The van der Waals surface area contributed by atoms with Gasteiger partial charge in [0, 0.05) is 21.2 Å². The Balaban J connectivity index is 1.53. The third-order valence-electron chi connectivity index (χ3n) is 3.95. The maximum absolute atomic E-state index is 12.0. The number of benzene rings is 3. The summed E-state index contributed by atoms with van der Waals surface area (Å²) in [4.78, 5) is 12.0. The molecule has 144 valence electrons. The monoisotopic (exact) mass is 423 g/mol. The van der Waals surface area contributed by atoms with Gasteiger partial charge in [0.25, 0.3) is 5.91 Å². The van der Waals surface area contributed by atoms with Crippen molar-refractivity contribution in [1.82, 2.24) is 5.43 Å². The summed E-state index contributed by atoms with van der Waals surface area (Å²) in [5.41, 5.74) is 4.99. The molecule has 0 saturated carbocycles. The number of nitrogens with zero attached hydrogens (tertiary/aromatic N) is 2. The molecule has 0 aromatic heterocycles. The summed E-state index contributed by atoms with van der Waals surface area (Å²) in [5.74, 6) is 0.320. The summed E-state index contributed by atoms with van der Waals surface area (Å²) >= 11 is 12.0. The molecular weight excluding hydrogens is 409 g/mol. The molecule has 3 aromatic rings. The Morgan fingerprint density at radius 1 is 1.07 bits per heavy atom. The number of nitriles is 1. The van der Waals surface area contributed by atoms with Crippen LogP contribution in [0.15, 0.2) is 71.8 Å². The van der Waals surface area contributed by atoms with Crippen LogP contribution in [0.5, 0.6) is 5.75 Å². The largest absolute Gasteiger partial charge is 0.489 e. The molecule has 1 amide bonds. The fourth-order valence-electron chi connectivity index (χ4n) is 2.38. The van der Waals surface area contributed by atoms with Crippen LogP contribution in [0.1, 0.15) is 27.0 Å². The van der Waals surface area contributed by atoms with Crippen molar-refractivity contribution < 1.29 is 9.53 Å². The highest BCUT2D eigenvalue weighted by Crippen LogP contribution is 2.22. The lowest BCUT2D eigenvalue weighted by Crippen LogP contribution is -2.17. The van der Waals surface area contributed by atoms with Gasteiger partial charge in [-0.1, -0.05) is 29.3 Å². The van der Waals surface area contributed by atoms with E-state index in [1.54, 1.807) is 48.5 Å². The van der Waals surface area contributed by atoms with Crippen LogP contribution < -0.4 is 10.2 Å². The second kappa shape index (κ2) is 9.74.